The largest absolute Gasteiger partial charge is 0.453 e. The van der Waals surface area contributed by atoms with E-state index >= 15 is 0 Å². The first-order valence-corrected chi connectivity index (χ1v) is 17.5. The zero-order valence-electron chi connectivity index (χ0n) is 29.6. The summed E-state index contributed by atoms with van der Waals surface area (Å²) in [7, 11) is 2.14. The summed E-state index contributed by atoms with van der Waals surface area (Å²) in [6.07, 6.45) is -1.08. The Morgan fingerprint density at radius 2 is 1.55 bits per heavy atom. The van der Waals surface area contributed by atoms with Gasteiger partial charge < -0.3 is 24.6 Å². The molecule has 8 heteroatoms. The Hall–Kier alpha value is -4.86. The summed E-state index contributed by atoms with van der Waals surface area (Å²) in [5, 5.41) is 14.9. The topological polar surface area (TPSA) is 97.3 Å². The Labute approximate surface area is 300 Å². The number of carbonyl (C=O) groups excluding carboxylic acids is 2. The summed E-state index contributed by atoms with van der Waals surface area (Å²) in [5.74, 6) is -0.845. The average molecular weight is 687 g/mol. The van der Waals surface area contributed by atoms with Gasteiger partial charge in [-0.05, 0) is 83.2 Å². The number of nitrogens with one attached hydrogen (secondary N) is 1. The van der Waals surface area contributed by atoms with Gasteiger partial charge in [0.1, 0.15) is 0 Å². The molecule has 5 aromatic rings. The molecule has 0 aromatic heterocycles. The summed E-state index contributed by atoms with van der Waals surface area (Å²) < 4.78 is 18.4. The predicted molar refractivity (Wildman–Crippen MR) is 198 cm³/mol. The predicted octanol–water partition coefficient (Wildman–Crippen LogP) is 7.81. The molecule has 1 amide bonds. The van der Waals surface area contributed by atoms with Crippen molar-refractivity contribution >= 4 is 22.6 Å². The first-order valence-electron chi connectivity index (χ1n) is 17.5. The van der Waals surface area contributed by atoms with E-state index in [0.717, 1.165) is 33.4 Å². The van der Waals surface area contributed by atoms with Crippen LogP contribution in [0.1, 0.15) is 73.4 Å². The number of aliphatic hydroxyl groups is 1. The molecule has 5 atom stereocenters. The highest BCUT2D eigenvalue weighted by Gasteiger charge is 2.33. The molecule has 0 bridgehead atoms. The fourth-order valence-corrected chi connectivity index (χ4v) is 6.60. The smallest absolute Gasteiger partial charge is 0.303 e. The number of aliphatic hydroxyl groups excluding tert-OH is 1. The zero-order valence-corrected chi connectivity index (χ0v) is 29.6. The molecule has 1 aliphatic rings. The monoisotopic (exact) mass is 686 g/mol. The Morgan fingerprint density at radius 3 is 2.29 bits per heavy atom. The minimum Gasteiger partial charge on any atom is -0.453 e. The number of ether oxygens (including phenoxy) is 3. The first kappa shape index (κ1) is 35.9. The lowest BCUT2D eigenvalue weighted by atomic mass is 9.97. The molecule has 1 aliphatic heterocycles. The molecular formula is C43H46N2O6. The van der Waals surface area contributed by atoms with E-state index in [2.05, 4.69) is 72.7 Å². The highest BCUT2D eigenvalue weighted by molar-refractivity contribution is 5.83. The van der Waals surface area contributed by atoms with Crippen LogP contribution in [-0.4, -0.2) is 47.7 Å². The van der Waals surface area contributed by atoms with Gasteiger partial charge in [-0.15, -0.1) is 0 Å². The van der Waals surface area contributed by atoms with Crippen LogP contribution >= 0.6 is 0 Å². The minimum absolute atomic E-state index is 0.00855. The van der Waals surface area contributed by atoms with E-state index in [1.165, 1.54) is 23.3 Å². The van der Waals surface area contributed by atoms with Crippen LogP contribution in [0.5, 0.6) is 0 Å². The van der Waals surface area contributed by atoms with E-state index in [4.69, 9.17) is 14.2 Å². The van der Waals surface area contributed by atoms with Crippen molar-refractivity contribution in [1.82, 2.24) is 10.2 Å². The van der Waals surface area contributed by atoms with Gasteiger partial charge in [-0.2, -0.15) is 0 Å². The lowest BCUT2D eigenvalue weighted by molar-refractivity contribution is -0.253. The van der Waals surface area contributed by atoms with Gasteiger partial charge in [0.25, 0.3) is 5.91 Å². The van der Waals surface area contributed by atoms with E-state index in [1.807, 2.05) is 66.7 Å². The van der Waals surface area contributed by atoms with E-state index in [9.17, 15) is 14.7 Å². The summed E-state index contributed by atoms with van der Waals surface area (Å²) >= 11 is 0. The number of nitrogens with zero attached hydrogens (tertiary/aromatic N) is 1. The Bertz CT molecular complexity index is 1960. The molecule has 0 aliphatic carbocycles. The molecule has 0 spiro atoms. The molecule has 264 valence electrons. The summed E-state index contributed by atoms with van der Waals surface area (Å²) in [5.41, 5.74) is 6.97. The van der Waals surface area contributed by atoms with E-state index in [0.29, 0.717) is 19.5 Å². The van der Waals surface area contributed by atoms with Crippen molar-refractivity contribution in [3.05, 3.63) is 143 Å². The molecule has 0 saturated carbocycles. The van der Waals surface area contributed by atoms with Crippen LogP contribution in [0.15, 0.2) is 115 Å². The molecule has 8 nitrogen and oxygen atoms in total. The van der Waals surface area contributed by atoms with Crippen molar-refractivity contribution in [1.29, 1.82) is 0 Å². The van der Waals surface area contributed by atoms with Gasteiger partial charge in [0.05, 0.1) is 18.8 Å². The fraction of sp³-hybridized carbons (Fsp3) is 0.302. The number of hydrogen-bond donors (Lipinski definition) is 2. The van der Waals surface area contributed by atoms with Crippen LogP contribution in [0.2, 0.25) is 0 Å². The van der Waals surface area contributed by atoms with Gasteiger partial charge >= 0.3 is 5.97 Å². The molecule has 1 saturated heterocycles. The number of esters is 1. The number of carbonyl (C=O) groups is 2. The third kappa shape index (κ3) is 9.09. The Balaban J connectivity index is 1.20. The maximum absolute atomic E-state index is 12.4. The number of hydrogen-bond acceptors (Lipinski definition) is 7. The third-order valence-corrected chi connectivity index (χ3v) is 9.62. The Kier molecular flexibility index (Phi) is 11.6. The second-order valence-corrected chi connectivity index (χ2v) is 13.4. The molecule has 1 fully saturated rings. The quantitative estimate of drug-likeness (QED) is 0.129. The standard InChI is InChI=1S/C43H46N2O6/c1-28(35-20-19-33-10-5-6-11-37(33)22-35)45(4)26-40-24-41(34-17-15-31(27-46)16-18-34)51-43(50-40)39-14-8-13-38(23-39)36-12-7-9-32(21-36)25-44-42(48)29(2)49-30(3)47/h5-23,28-29,40-41,43,46H,24-27H2,1-4H3,(H,44,48)/t28-,29+,40-,41+,43+/m1/s1. The van der Waals surface area contributed by atoms with Crippen molar-refractivity contribution in [3.63, 3.8) is 0 Å². The molecule has 0 radical (unpaired) electrons. The number of benzene rings is 5. The van der Waals surface area contributed by atoms with Crippen LogP contribution in [-0.2, 0) is 37.0 Å². The molecule has 6 rings (SSSR count). The fourth-order valence-electron chi connectivity index (χ4n) is 6.60. The van der Waals surface area contributed by atoms with Gasteiger partial charge in [0, 0.05) is 38.0 Å². The van der Waals surface area contributed by atoms with Gasteiger partial charge in [-0.25, -0.2) is 0 Å². The number of fused-ring (bicyclic) bond motifs is 1. The van der Waals surface area contributed by atoms with Crippen molar-refractivity contribution in [2.45, 2.75) is 71.0 Å². The Morgan fingerprint density at radius 1 is 0.824 bits per heavy atom. The first-order chi connectivity index (χ1) is 24.7. The normalized spacial score (nSPS) is 18.7. The van der Waals surface area contributed by atoms with E-state index in [-0.39, 0.29) is 30.8 Å². The SMILES string of the molecule is CC(=O)O[C@@H](C)C(=O)NCc1cccc(-c2cccc([C@H]3O[C@@H](CN(C)[C@H](C)c4ccc5ccccc5c4)C[C@@H](c4ccc(CO)cc4)O3)c2)c1. The molecule has 2 N–H and O–H groups in total. The second-order valence-electron chi connectivity index (χ2n) is 13.4. The summed E-state index contributed by atoms with van der Waals surface area (Å²) in [4.78, 5) is 26.0. The third-order valence-electron chi connectivity index (χ3n) is 9.62. The van der Waals surface area contributed by atoms with Gasteiger partial charge in [0.15, 0.2) is 12.4 Å². The van der Waals surface area contributed by atoms with Crippen LogP contribution in [0.4, 0.5) is 0 Å². The molecule has 1 heterocycles. The second kappa shape index (κ2) is 16.4. The van der Waals surface area contributed by atoms with Gasteiger partial charge in [-0.3, -0.25) is 14.5 Å². The molecule has 51 heavy (non-hydrogen) atoms. The number of likely N-dealkylation sites (N-methyl/N-ethyl adjacent to an activating group) is 1. The van der Waals surface area contributed by atoms with Gasteiger partial charge in [-0.1, -0.05) is 97.1 Å². The highest BCUT2D eigenvalue weighted by Crippen LogP contribution is 2.39. The summed E-state index contributed by atoms with van der Waals surface area (Å²) in [6, 6.07) is 39.4. The van der Waals surface area contributed by atoms with Crippen LogP contribution < -0.4 is 5.32 Å². The average Bonchev–Trinajstić information content (AvgIpc) is 3.16. The highest BCUT2D eigenvalue weighted by atomic mass is 16.7. The van der Waals surface area contributed by atoms with Crippen LogP contribution in [0, 0.1) is 0 Å². The lowest BCUT2D eigenvalue weighted by Crippen LogP contribution is -2.38. The van der Waals surface area contributed by atoms with Gasteiger partial charge in [0.2, 0.25) is 0 Å². The zero-order chi connectivity index (χ0) is 35.9. The molecular weight excluding hydrogens is 640 g/mol. The maximum Gasteiger partial charge on any atom is 0.303 e. The van der Waals surface area contributed by atoms with Crippen LogP contribution in [0.3, 0.4) is 0 Å². The van der Waals surface area contributed by atoms with E-state index < -0.39 is 18.4 Å². The lowest BCUT2D eigenvalue weighted by Gasteiger charge is -2.39. The maximum atomic E-state index is 12.4. The van der Waals surface area contributed by atoms with Crippen molar-refractivity contribution in [2.24, 2.45) is 0 Å². The van der Waals surface area contributed by atoms with Crippen LogP contribution in [0.25, 0.3) is 21.9 Å². The molecule has 5 aromatic carbocycles. The van der Waals surface area contributed by atoms with E-state index in [1.54, 1.807) is 6.92 Å². The molecule has 0 unspecified atom stereocenters. The minimum atomic E-state index is -0.861. The summed E-state index contributed by atoms with van der Waals surface area (Å²) in [6.45, 7) is 6.07. The van der Waals surface area contributed by atoms with Crippen molar-refractivity contribution in [2.75, 3.05) is 13.6 Å². The van der Waals surface area contributed by atoms with Crippen molar-refractivity contribution in [3.8, 4) is 11.1 Å². The van der Waals surface area contributed by atoms with Crippen molar-refractivity contribution < 1.29 is 28.9 Å². The number of rotatable bonds is 12. The number of amides is 1.